The number of hydrogen-bond donors (Lipinski definition) is 1. The van der Waals surface area contributed by atoms with Gasteiger partial charge in [0.25, 0.3) is 5.91 Å². The van der Waals surface area contributed by atoms with E-state index in [2.05, 4.69) is 45.0 Å². The molecule has 0 radical (unpaired) electrons. The second-order valence-electron chi connectivity index (χ2n) is 8.57. The second kappa shape index (κ2) is 11.0. The van der Waals surface area contributed by atoms with Crippen molar-refractivity contribution >= 4 is 45.8 Å². The summed E-state index contributed by atoms with van der Waals surface area (Å²) in [4.78, 5) is 12.7. The Morgan fingerprint density at radius 3 is 2.43 bits per heavy atom. The predicted molar refractivity (Wildman–Crippen MR) is 152 cm³/mol. The SMILES string of the molecule is C/C(=N/NC(=O)CSc1nnc(-c2ccc(C)cc2)n1-c1ccc(Cl)cc1)c1ccc2ccccc2c1. The normalized spacial score (nSPS) is 11.6. The summed E-state index contributed by atoms with van der Waals surface area (Å²) >= 11 is 7.41. The lowest BCUT2D eigenvalue weighted by molar-refractivity contribution is -0.118. The Bertz CT molecular complexity index is 1590. The molecule has 1 amide bonds. The highest BCUT2D eigenvalue weighted by molar-refractivity contribution is 7.99. The quantitative estimate of drug-likeness (QED) is 0.146. The third kappa shape index (κ3) is 5.74. The molecular weight excluding hydrogens is 502 g/mol. The first-order valence-corrected chi connectivity index (χ1v) is 13.1. The minimum absolute atomic E-state index is 0.133. The van der Waals surface area contributed by atoms with Crippen molar-refractivity contribution in [2.24, 2.45) is 5.10 Å². The van der Waals surface area contributed by atoms with Crippen LogP contribution in [0.5, 0.6) is 0 Å². The molecule has 0 aliphatic rings. The molecule has 5 rings (SSSR count). The third-order valence-electron chi connectivity index (χ3n) is 5.88. The van der Waals surface area contributed by atoms with E-state index in [4.69, 9.17) is 11.6 Å². The smallest absolute Gasteiger partial charge is 0.250 e. The number of amides is 1. The second-order valence-corrected chi connectivity index (χ2v) is 9.95. The largest absolute Gasteiger partial charge is 0.272 e. The number of halogens is 1. The molecule has 5 aromatic rings. The fraction of sp³-hybridized carbons (Fsp3) is 0.103. The maximum atomic E-state index is 12.7. The number of carbonyl (C=O) groups is 1. The molecule has 0 saturated carbocycles. The lowest BCUT2D eigenvalue weighted by Gasteiger charge is -2.11. The lowest BCUT2D eigenvalue weighted by Crippen LogP contribution is -2.21. The number of nitrogens with one attached hydrogen (secondary N) is 1. The van der Waals surface area contributed by atoms with Crippen molar-refractivity contribution in [2.75, 3.05) is 5.75 Å². The first-order chi connectivity index (χ1) is 18.0. The summed E-state index contributed by atoms with van der Waals surface area (Å²) < 4.78 is 1.93. The number of hydrogen-bond acceptors (Lipinski definition) is 5. The van der Waals surface area contributed by atoms with Crippen LogP contribution < -0.4 is 5.43 Å². The molecule has 0 aliphatic heterocycles. The molecule has 0 bridgehead atoms. The average molecular weight is 526 g/mol. The summed E-state index contributed by atoms with van der Waals surface area (Å²) in [7, 11) is 0. The number of benzene rings is 4. The van der Waals surface area contributed by atoms with Gasteiger partial charge in [0.15, 0.2) is 11.0 Å². The van der Waals surface area contributed by atoms with E-state index >= 15 is 0 Å². The molecule has 4 aromatic carbocycles. The highest BCUT2D eigenvalue weighted by atomic mass is 35.5. The Morgan fingerprint density at radius 1 is 0.946 bits per heavy atom. The summed E-state index contributed by atoms with van der Waals surface area (Å²) in [5.74, 6) is 0.594. The average Bonchev–Trinajstić information content (AvgIpc) is 3.35. The molecule has 8 heteroatoms. The number of carbonyl (C=O) groups excluding carboxylic acids is 1. The zero-order chi connectivity index (χ0) is 25.8. The van der Waals surface area contributed by atoms with Crippen LogP contribution >= 0.6 is 23.4 Å². The molecule has 1 aromatic heterocycles. The van der Waals surface area contributed by atoms with E-state index in [1.165, 1.54) is 11.8 Å². The van der Waals surface area contributed by atoms with Crippen LogP contribution in [0.1, 0.15) is 18.1 Å². The molecule has 0 aliphatic carbocycles. The Morgan fingerprint density at radius 2 is 1.68 bits per heavy atom. The topological polar surface area (TPSA) is 72.2 Å². The third-order valence-corrected chi connectivity index (χ3v) is 7.06. The molecule has 37 heavy (non-hydrogen) atoms. The number of rotatable bonds is 7. The summed E-state index contributed by atoms with van der Waals surface area (Å²) in [6, 6.07) is 29.8. The van der Waals surface area contributed by atoms with Gasteiger partial charge in [0, 0.05) is 16.3 Å². The number of thioether (sulfide) groups is 1. The van der Waals surface area contributed by atoms with Crippen molar-refractivity contribution in [1.29, 1.82) is 0 Å². The standard InChI is InChI=1S/C29H24ClN5OS/c1-19-7-9-22(10-8-19)28-33-34-29(35(28)26-15-13-25(30)14-16-26)37-18-27(36)32-31-20(2)23-12-11-21-5-3-4-6-24(21)17-23/h3-17H,18H2,1-2H3,(H,32,36)/b31-20-. The molecule has 0 unspecified atom stereocenters. The first-order valence-electron chi connectivity index (χ1n) is 11.7. The van der Waals surface area contributed by atoms with Crippen molar-refractivity contribution in [3.8, 4) is 17.1 Å². The number of hydrazone groups is 1. The van der Waals surface area contributed by atoms with Gasteiger partial charge in [0.05, 0.1) is 11.5 Å². The summed E-state index contributed by atoms with van der Waals surface area (Å²) in [6.07, 6.45) is 0. The van der Waals surface area contributed by atoms with E-state index in [1.54, 1.807) is 0 Å². The Balaban J connectivity index is 1.33. The Kier molecular flexibility index (Phi) is 7.35. The number of nitrogens with zero attached hydrogens (tertiary/aromatic N) is 4. The highest BCUT2D eigenvalue weighted by Gasteiger charge is 2.17. The van der Waals surface area contributed by atoms with E-state index in [-0.39, 0.29) is 11.7 Å². The molecule has 0 fully saturated rings. The van der Waals surface area contributed by atoms with Gasteiger partial charge in [0.1, 0.15) is 0 Å². The van der Waals surface area contributed by atoms with Gasteiger partial charge in [-0.15, -0.1) is 10.2 Å². The minimum atomic E-state index is -0.229. The highest BCUT2D eigenvalue weighted by Crippen LogP contribution is 2.29. The van der Waals surface area contributed by atoms with Gasteiger partial charge in [0.2, 0.25) is 0 Å². The molecule has 1 N–H and O–H groups in total. The molecule has 0 atom stereocenters. The van der Waals surface area contributed by atoms with E-state index in [0.29, 0.717) is 16.0 Å². The zero-order valence-corrected chi connectivity index (χ0v) is 21.9. The first kappa shape index (κ1) is 24.7. The predicted octanol–water partition coefficient (Wildman–Crippen LogP) is 6.68. The van der Waals surface area contributed by atoms with Crippen LogP contribution in [0.4, 0.5) is 0 Å². The van der Waals surface area contributed by atoms with Crippen LogP contribution in [-0.4, -0.2) is 32.1 Å². The van der Waals surface area contributed by atoms with Gasteiger partial charge in [-0.1, -0.05) is 89.6 Å². The van der Waals surface area contributed by atoms with Gasteiger partial charge in [-0.05, 0) is 60.5 Å². The van der Waals surface area contributed by atoms with E-state index < -0.39 is 0 Å². The van der Waals surface area contributed by atoms with Gasteiger partial charge in [-0.3, -0.25) is 9.36 Å². The van der Waals surface area contributed by atoms with Crippen LogP contribution in [0.2, 0.25) is 5.02 Å². The van der Waals surface area contributed by atoms with Crippen LogP contribution in [0.25, 0.3) is 27.8 Å². The van der Waals surface area contributed by atoms with Gasteiger partial charge >= 0.3 is 0 Å². The van der Waals surface area contributed by atoms with Crippen molar-refractivity contribution < 1.29 is 4.79 Å². The lowest BCUT2D eigenvalue weighted by atomic mass is 10.0. The molecule has 0 saturated heterocycles. The summed E-state index contributed by atoms with van der Waals surface area (Å²) in [6.45, 7) is 3.92. The van der Waals surface area contributed by atoms with Crippen molar-refractivity contribution in [3.63, 3.8) is 0 Å². The molecule has 0 spiro atoms. The van der Waals surface area contributed by atoms with E-state index in [9.17, 15) is 4.79 Å². The minimum Gasteiger partial charge on any atom is -0.272 e. The Hall–Kier alpha value is -3.94. The maximum Gasteiger partial charge on any atom is 0.250 e. The zero-order valence-electron chi connectivity index (χ0n) is 20.4. The summed E-state index contributed by atoms with van der Waals surface area (Å²) in [5.41, 5.74) is 7.30. The maximum absolute atomic E-state index is 12.7. The summed E-state index contributed by atoms with van der Waals surface area (Å²) in [5, 5.41) is 16.7. The number of fused-ring (bicyclic) bond motifs is 1. The van der Waals surface area contributed by atoms with Crippen molar-refractivity contribution in [2.45, 2.75) is 19.0 Å². The van der Waals surface area contributed by atoms with Crippen LogP contribution in [0.3, 0.4) is 0 Å². The Labute approximate surface area is 224 Å². The molecular formula is C29H24ClN5OS. The van der Waals surface area contributed by atoms with Crippen LogP contribution in [0.15, 0.2) is 101 Å². The molecule has 6 nitrogen and oxygen atoms in total. The van der Waals surface area contributed by atoms with Gasteiger partial charge in [-0.2, -0.15) is 5.10 Å². The number of aromatic nitrogens is 3. The molecule has 184 valence electrons. The fourth-order valence-corrected chi connectivity index (χ4v) is 4.73. The van der Waals surface area contributed by atoms with Crippen molar-refractivity contribution in [3.05, 3.63) is 107 Å². The van der Waals surface area contributed by atoms with Gasteiger partial charge in [-0.25, -0.2) is 5.43 Å². The van der Waals surface area contributed by atoms with Gasteiger partial charge < -0.3 is 0 Å². The number of aryl methyl sites for hydroxylation is 1. The fourth-order valence-electron chi connectivity index (χ4n) is 3.86. The van der Waals surface area contributed by atoms with E-state index in [0.717, 1.165) is 38.9 Å². The van der Waals surface area contributed by atoms with E-state index in [1.807, 2.05) is 85.1 Å². The van der Waals surface area contributed by atoms with Crippen LogP contribution in [0, 0.1) is 6.92 Å². The van der Waals surface area contributed by atoms with Crippen LogP contribution in [-0.2, 0) is 4.79 Å². The van der Waals surface area contributed by atoms with Crippen molar-refractivity contribution in [1.82, 2.24) is 20.2 Å². The molecule has 1 heterocycles. The monoisotopic (exact) mass is 525 g/mol.